The molecule has 6 heteroatoms. The number of likely N-dealkylation sites (N-methyl/N-ethyl adjacent to an activating group) is 1. The molecule has 0 aliphatic carbocycles. The minimum absolute atomic E-state index is 0.0140. The number of halogens is 1. The quantitative estimate of drug-likeness (QED) is 0.866. The number of aryl methyl sites for hydroxylation is 1. The highest BCUT2D eigenvalue weighted by Crippen LogP contribution is 2.23. The van der Waals surface area contributed by atoms with Crippen molar-refractivity contribution in [3.63, 3.8) is 0 Å². The number of rotatable bonds is 3. The van der Waals surface area contributed by atoms with Crippen molar-refractivity contribution < 1.29 is 4.79 Å². The van der Waals surface area contributed by atoms with Gasteiger partial charge in [-0.2, -0.15) is 5.10 Å². The molecule has 5 nitrogen and oxygen atoms in total. The molecule has 0 N–H and O–H groups in total. The van der Waals surface area contributed by atoms with Crippen LogP contribution in [0.1, 0.15) is 21.6 Å². The summed E-state index contributed by atoms with van der Waals surface area (Å²) in [7, 11) is 2.07. The van der Waals surface area contributed by atoms with Crippen molar-refractivity contribution in [2.24, 2.45) is 0 Å². The lowest BCUT2D eigenvalue weighted by Gasteiger charge is -2.32. The summed E-state index contributed by atoms with van der Waals surface area (Å²) >= 11 is 6.46. The molecule has 122 valence electrons. The SMILES string of the molecule is Cc1nn(Cc2ccccc2)c(Cl)c1C(=O)N1CCN(C)CC1. The Morgan fingerprint density at radius 1 is 1.17 bits per heavy atom. The fraction of sp³-hybridized carbons (Fsp3) is 0.412. The smallest absolute Gasteiger partial charge is 0.258 e. The zero-order valence-electron chi connectivity index (χ0n) is 13.5. The van der Waals surface area contributed by atoms with Crippen LogP contribution >= 0.6 is 11.6 Å². The Kier molecular flexibility index (Phi) is 4.68. The molecule has 1 aromatic carbocycles. The van der Waals surface area contributed by atoms with Crippen molar-refractivity contribution in [2.45, 2.75) is 13.5 Å². The number of amides is 1. The summed E-state index contributed by atoms with van der Waals surface area (Å²) in [5.74, 6) is -0.0140. The molecule has 2 aromatic rings. The van der Waals surface area contributed by atoms with E-state index in [-0.39, 0.29) is 5.91 Å². The van der Waals surface area contributed by atoms with Gasteiger partial charge in [-0.25, -0.2) is 4.68 Å². The lowest BCUT2D eigenvalue weighted by Crippen LogP contribution is -2.47. The minimum atomic E-state index is -0.0140. The first-order valence-electron chi connectivity index (χ1n) is 7.81. The molecule has 1 aliphatic heterocycles. The number of piperazine rings is 1. The van der Waals surface area contributed by atoms with Crippen molar-refractivity contribution in [1.29, 1.82) is 0 Å². The summed E-state index contributed by atoms with van der Waals surface area (Å²) in [6.07, 6.45) is 0. The zero-order chi connectivity index (χ0) is 16.4. The Hall–Kier alpha value is -1.85. The predicted octanol–water partition coefficient (Wildman–Crippen LogP) is 2.28. The first-order chi connectivity index (χ1) is 11.1. The van der Waals surface area contributed by atoms with Crippen molar-refractivity contribution in [1.82, 2.24) is 19.6 Å². The molecule has 1 amide bonds. The lowest BCUT2D eigenvalue weighted by molar-refractivity contribution is 0.0663. The molecular formula is C17H21ClN4O. The molecule has 0 saturated carbocycles. The second-order valence-corrected chi connectivity index (χ2v) is 6.35. The van der Waals surface area contributed by atoms with Crippen molar-refractivity contribution >= 4 is 17.5 Å². The van der Waals surface area contributed by atoms with Crippen LogP contribution in [0.15, 0.2) is 30.3 Å². The summed E-state index contributed by atoms with van der Waals surface area (Å²) in [6, 6.07) is 9.98. The van der Waals surface area contributed by atoms with Crippen LogP contribution in [-0.4, -0.2) is 58.7 Å². The van der Waals surface area contributed by atoms with Gasteiger partial charge in [0, 0.05) is 26.2 Å². The van der Waals surface area contributed by atoms with Crippen LogP contribution in [0.25, 0.3) is 0 Å². The Labute approximate surface area is 141 Å². The molecule has 1 fully saturated rings. The molecule has 23 heavy (non-hydrogen) atoms. The van der Waals surface area contributed by atoms with Crippen LogP contribution in [0.2, 0.25) is 5.15 Å². The van der Waals surface area contributed by atoms with Crippen LogP contribution in [0, 0.1) is 6.92 Å². The van der Waals surface area contributed by atoms with Gasteiger partial charge >= 0.3 is 0 Å². The minimum Gasteiger partial charge on any atom is -0.336 e. The van der Waals surface area contributed by atoms with Crippen molar-refractivity contribution in [3.05, 3.63) is 52.3 Å². The van der Waals surface area contributed by atoms with Gasteiger partial charge < -0.3 is 9.80 Å². The van der Waals surface area contributed by atoms with Crippen molar-refractivity contribution in [3.8, 4) is 0 Å². The van der Waals surface area contributed by atoms with Crippen LogP contribution in [0.3, 0.4) is 0 Å². The highest BCUT2D eigenvalue weighted by atomic mass is 35.5. The van der Waals surface area contributed by atoms with Gasteiger partial charge in [0.2, 0.25) is 0 Å². The second kappa shape index (κ2) is 6.72. The molecule has 2 heterocycles. The molecule has 1 saturated heterocycles. The normalized spacial score (nSPS) is 15.9. The van der Waals surface area contributed by atoms with Crippen LogP contribution in [-0.2, 0) is 6.54 Å². The third kappa shape index (κ3) is 3.41. The summed E-state index contributed by atoms with van der Waals surface area (Å²) in [5, 5.41) is 4.89. The fourth-order valence-electron chi connectivity index (χ4n) is 2.83. The number of hydrogen-bond acceptors (Lipinski definition) is 3. The Bertz CT molecular complexity index is 690. The van der Waals surface area contributed by atoms with Crippen LogP contribution in [0.4, 0.5) is 0 Å². The number of aromatic nitrogens is 2. The first kappa shape index (κ1) is 16.0. The maximum Gasteiger partial charge on any atom is 0.258 e. The van der Waals surface area contributed by atoms with E-state index in [0.29, 0.717) is 23.0 Å². The zero-order valence-corrected chi connectivity index (χ0v) is 14.3. The maximum absolute atomic E-state index is 12.8. The number of hydrogen-bond donors (Lipinski definition) is 0. The predicted molar refractivity (Wildman–Crippen MR) is 90.9 cm³/mol. The number of carbonyl (C=O) groups is 1. The molecule has 0 spiro atoms. The molecule has 1 aromatic heterocycles. The third-order valence-electron chi connectivity index (χ3n) is 4.24. The van der Waals surface area contributed by atoms with Gasteiger partial charge in [-0.05, 0) is 19.5 Å². The van der Waals surface area contributed by atoms with E-state index in [0.717, 1.165) is 31.7 Å². The van der Waals surface area contributed by atoms with E-state index in [1.807, 2.05) is 42.2 Å². The van der Waals surface area contributed by atoms with Gasteiger partial charge in [-0.1, -0.05) is 41.9 Å². The van der Waals surface area contributed by atoms with Gasteiger partial charge in [-0.3, -0.25) is 4.79 Å². The van der Waals surface area contributed by atoms with Gasteiger partial charge in [0.1, 0.15) is 5.15 Å². The van der Waals surface area contributed by atoms with Gasteiger partial charge in [0.05, 0.1) is 17.8 Å². The summed E-state index contributed by atoms with van der Waals surface area (Å²) in [6.45, 7) is 5.65. The van der Waals surface area contributed by atoms with Crippen LogP contribution < -0.4 is 0 Å². The molecule has 0 atom stereocenters. The van der Waals surface area contributed by atoms with E-state index < -0.39 is 0 Å². The standard InChI is InChI=1S/C17H21ClN4O/c1-13-15(17(23)21-10-8-20(2)9-11-21)16(18)22(19-13)12-14-6-4-3-5-7-14/h3-7H,8-12H2,1-2H3. The molecular weight excluding hydrogens is 312 g/mol. The van der Waals surface area contributed by atoms with Gasteiger partial charge in [0.15, 0.2) is 0 Å². The average Bonchev–Trinajstić information content (AvgIpc) is 2.82. The van der Waals surface area contributed by atoms with Crippen LogP contribution in [0.5, 0.6) is 0 Å². The highest BCUT2D eigenvalue weighted by molar-refractivity contribution is 6.33. The largest absolute Gasteiger partial charge is 0.336 e. The van der Waals surface area contributed by atoms with E-state index in [4.69, 9.17) is 11.6 Å². The Balaban J connectivity index is 1.81. The molecule has 0 radical (unpaired) electrons. The third-order valence-corrected chi connectivity index (χ3v) is 4.63. The summed E-state index contributed by atoms with van der Waals surface area (Å²) in [5.41, 5.74) is 2.33. The first-order valence-corrected chi connectivity index (χ1v) is 8.18. The van der Waals surface area contributed by atoms with E-state index in [1.165, 1.54) is 0 Å². The summed E-state index contributed by atoms with van der Waals surface area (Å²) in [4.78, 5) is 16.9. The lowest BCUT2D eigenvalue weighted by atomic mass is 10.2. The Morgan fingerprint density at radius 3 is 2.48 bits per heavy atom. The number of benzene rings is 1. The highest BCUT2D eigenvalue weighted by Gasteiger charge is 2.26. The van der Waals surface area contributed by atoms with Gasteiger partial charge in [0.25, 0.3) is 5.91 Å². The van der Waals surface area contributed by atoms with E-state index >= 15 is 0 Å². The van der Waals surface area contributed by atoms with E-state index in [1.54, 1.807) is 4.68 Å². The number of nitrogens with zero attached hydrogens (tertiary/aromatic N) is 4. The molecule has 0 bridgehead atoms. The second-order valence-electron chi connectivity index (χ2n) is 5.99. The molecule has 0 unspecified atom stereocenters. The summed E-state index contributed by atoms with van der Waals surface area (Å²) < 4.78 is 1.70. The van der Waals surface area contributed by atoms with Crippen molar-refractivity contribution in [2.75, 3.05) is 33.2 Å². The average molecular weight is 333 g/mol. The van der Waals surface area contributed by atoms with E-state index in [9.17, 15) is 4.79 Å². The molecule has 3 rings (SSSR count). The monoisotopic (exact) mass is 332 g/mol. The van der Waals surface area contributed by atoms with Gasteiger partial charge in [-0.15, -0.1) is 0 Å². The molecule has 1 aliphatic rings. The topological polar surface area (TPSA) is 41.4 Å². The Morgan fingerprint density at radius 2 is 1.83 bits per heavy atom. The van der Waals surface area contributed by atoms with E-state index in [2.05, 4.69) is 17.0 Å². The maximum atomic E-state index is 12.8. The number of carbonyl (C=O) groups excluding carboxylic acids is 1. The fourth-order valence-corrected chi connectivity index (χ4v) is 3.14.